The third-order valence-electron chi connectivity index (χ3n) is 4.43. The number of rotatable bonds is 3. The zero-order valence-electron chi connectivity index (χ0n) is 11.9. The molecule has 3 N–H and O–H groups in total. The van der Waals surface area contributed by atoms with Crippen LogP contribution in [0.25, 0.3) is 0 Å². The smallest absolute Gasteiger partial charge is 0.240 e. The number of aryl methyl sites for hydroxylation is 2. The minimum atomic E-state index is -3.46. The number of nitrogens with two attached hydrogens (primary N) is 1. The molecule has 1 fully saturated rings. The highest BCUT2D eigenvalue weighted by Crippen LogP contribution is 2.39. The molecule has 0 bridgehead atoms. The Morgan fingerprint density at radius 1 is 1.26 bits per heavy atom. The van der Waals surface area contributed by atoms with Crippen LogP contribution in [-0.2, 0) is 10.0 Å². The number of hydrogen-bond acceptors (Lipinski definition) is 3. The quantitative estimate of drug-likeness (QED) is 0.886. The molecule has 19 heavy (non-hydrogen) atoms. The van der Waals surface area contributed by atoms with Crippen LogP contribution in [0.3, 0.4) is 0 Å². The summed E-state index contributed by atoms with van der Waals surface area (Å²) in [6.07, 6.45) is 0.692. The van der Waals surface area contributed by atoms with Crippen molar-refractivity contribution in [1.82, 2.24) is 4.72 Å². The van der Waals surface area contributed by atoms with Crippen molar-refractivity contribution in [2.24, 2.45) is 11.1 Å². The van der Waals surface area contributed by atoms with E-state index in [-0.39, 0.29) is 17.5 Å². The molecule has 2 rings (SSSR count). The van der Waals surface area contributed by atoms with E-state index in [2.05, 4.69) is 4.72 Å². The molecule has 0 aromatic heterocycles. The average Bonchev–Trinajstić information content (AvgIpc) is 2.32. The highest BCUT2D eigenvalue weighted by molar-refractivity contribution is 7.89. The summed E-state index contributed by atoms with van der Waals surface area (Å²) in [5, 5.41) is 0. The predicted octanol–water partition coefficient (Wildman–Crippen LogP) is 1.71. The second-order valence-corrected chi connectivity index (χ2v) is 7.80. The van der Waals surface area contributed by atoms with Crippen LogP contribution in [-0.4, -0.2) is 20.5 Å². The van der Waals surface area contributed by atoms with Gasteiger partial charge in [-0.05, 0) is 48.9 Å². The van der Waals surface area contributed by atoms with Gasteiger partial charge in [-0.25, -0.2) is 13.1 Å². The Bertz CT molecular complexity index is 593. The van der Waals surface area contributed by atoms with Crippen molar-refractivity contribution in [2.75, 3.05) is 0 Å². The largest absolute Gasteiger partial charge is 0.327 e. The lowest BCUT2D eigenvalue weighted by atomic mass is 9.64. The molecular formula is C14H22N2O2S. The molecule has 0 spiro atoms. The topological polar surface area (TPSA) is 72.2 Å². The summed E-state index contributed by atoms with van der Waals surface area (Å²) in [5.74, 6) is 0. The maximum absolute atomic E-state index is 12.3. The summed E-state index contributed by atoms with van der Waals surface area (Å²) in [7, 11) is -3.46. The van der Waals surface area contributed by atoms with Crippen LogP contribution in [0.15, 0.2) is 23.1 Å². The zero-order valence-corrected chi connectivity index (χ0v) is 12.7. The third-order valence-corrected chi connectivity index (χ3v) is 5.90. The third kappa shape index (κ3) is 2.55. The van der Waals surface area contributed by atoms with E-state index in [1.54, 1.807) is 12.1 Å². The van der Waals surface area contributed by atoms with Gasteiger partial charge in [-0.15, -0.1) is 0 Å². The Balaban J connectivity index is 2.22. The molecule has 2 unspecified atom stereocenters. The van der Waals surface area contributed by atoms with Gasteiger partial charge in [0.15, 0.2) is 0 Å². The SMILES string of the molecule is Cc1ccc(S(=O)(=O)NC2CC(N)C2(C)C)cc1C. The van der Waals surface area contributed by atoms with Gasteiger partial charge in [-0.3, -0.25) is 0 Å². The first-order chi connectivity index (χ1) is 8.64. The van der Waals surface area contributed by atoms with E-state index in [4.69, 9.17) is 5.73 Å². The van der Waals surface area contributed by atoms with E-state index in [1.807, 2.05) is 33.8 Å². The van der Waals surface area contributed by atoms with E-state index >= 15 is 0 Å². The van der Waals surface area contributed by atoms with Gasteiger partial charge in [0.1, 0.15) is 0 Å². The van der Waals surface area contributed by atoms with Gasteiger partial charge in [-0.1, -0.05) is 19.9 Å². The summed E-state index contributed by atoms with van der Waals surface area (Å²) >= 11 is 0. The second-order valence-electron chi connectivity index (χ2n) is 6.08. The fraction of sp³-hybridized carbons (Fsp3) is 0.571. The molecule has 0 heterocycles. The lowest BCUT2D eigenvalue weighted by Gasteiger charge is -2.50. The van der Waals surface area contributed by atoms with Gasteiger partial charge < -0.3 is 5.73 Å². The lowest BCUT2D eigenvalue weighted by molar-refractivity contribution is 0.0903. The zero-order chi connectivity index (χ0) is 14.4. The standard InChI is InChI=1S/C14H22N2O2S/c1-9-5-6-11(7-10(9)2)19(17,18)16-13-8-12(15)14(13,3)4/h5-7,12-13,16H,8,15H2,1-4H3. The summed E-state index contributed by atoms with van der Waals surface area (Å²) in [6.45, 7) is 7.87. The van der Waals surface area contributed by atoms with Crippen molar-refractivity contribution in [3.05, 3.63) is 29.3 Å². The van der Waals surface area contributed by atoms with Gasteiger partial charge in [0, 0.05) is 12.1 Å². The molecule has 106 valence electrons. The fourth-order valence-corrected chi connectivity index (χ4v) is 3.79. The van der Waals surface area contributed by atoms with Crippen molar-refractivity contribution in [2.45, 2.75) is 51.1 Å². The van der Waals surface area contributed by atoms with Crippen molar-refractivity contribution >= 4 is 10.0 Å². The summed E-state index contributed by atoms with van der Waals surface area (Å²) < 4.78 is 27.5. The van der Waals surface area contributed by atoms with Crippen LogP contribution in [0.2, 0.25) is 0 Å². The number of hydrogen-bond donors (Lipinski definition) is 2. The molecule has 0 saturated heterocycles. The molecule has 2 atom stereocenters. The Morgan fingerprint density at radius 2 is 1.89 bits per heavy atom. The fourth-order valence-electron chi connectivity index (χ4n) is 2.30. The molecular weight excluding hydrogens is 260 g/mol. The van der Waals surface area contributed by atoms with Crippen LogP contribution in [0.5, 0.6) is 0 Å². The maximum Gasteiger partial charge on any atom is 0.240 e. The number of sulfonamides is 1. The van der Waals surface area contributed by atoms with Gasteiger partial charge >= 0.3 is 0 Å². The van der Waals surface area contributed by atoms with Gasteiger partial charge in [0.05, 0.1) is 4.90 Å². The summed E-state index contributed by atoms with van der Waals surface area (Å²) in [5.41, 5.74) is 7.79. The Hall–Kier alpha value is -0.910. The van der Waals surface area contributed by atoms with Crippen molar-refractivity contribution < 1.29 is 8.42 Å². The van der Waals surface area contributed by atoms with Gasteiger partial charge in [0.2, 0.25) is 10.0 Å². The van der Waals surface area contributed by atoms with Gasteiger partial charge in [-0.2, -0.15) is 0 Å². The van der Waals surface area contributed by atoms with E-state index in [1.165, 1.54) is 0 Å². The maximum atomic E-state index is 12.3. The minimum Gasteiger partial charge on any atom is -0.327 e. The Morgan fingerprint density at radius 3 is 2.37 bits per heavy atom. The summed E-state index contributed by atoms with van der Waals surface area (Å²) in [4.78, 5) is 0.326. The Labute approximate surface area is 115 Å². The monoisotopic (exact) mass is 282 g/mol. The molecule has 5 heteroatoms. The highest BCUT2D eigenvalue weighted by Gasteiger charge is 2.47. The first kappa shape index (κ1) is 14.5. The van der Waals surface area contributed by atoms with E-state index in [9.17, 15) is 8.42 Å². The number of benzene rings is 1. The van der Waals surface area contributed by atoms with Crippen LogP contribution >= 0.6 is 0 Å². The van der Waals surface area contributed by atoms with E-state index in [0.717, 1.165) is 11.1 Å². The lowest BCUT2D eigenvalue weighted by Crippen LogP contribution is -2.64. The minimum absolute atomic E-state index is 0.0555. The van der Waals surface area contributed by atoms with E-state index in [0.29, 0.717) is 11.3 Å². The molecule has 1 saturated carbocycles. The molecule has 0 aliphatic heterocycles. The molecule has 1 aliphatic rings. The summed E-state index contributed by atoms with van der Waals surface area (Å²) in [6, 6.07) is 5.16. The van der Waals surface area contributed by atoms with Crippen LogP contribution in [0, 0.1) is 19.3 Å². The molecule has 1 aliphatic carbocycles. The first-order valence-corrected chi connectivity index (χ1v) is 7.98. The Kier molecular flexibility index (Phi) is 3.49. The molecule has 0 radical (unpaired) electrons. The van der Waals surface area contributed by atoms with Crippen LogP contribution in [0.4, 0.5) is 0 Å². The first-order valence-electron chi connectivity index (χ1n) is 6.50. The normalized spacial score (nSPS) is 25.9. The molecule has 0 amide bonds. The van der Waals surface area contributed by atoms with Gasteiger partial charge in [0.25, 0.3) is 0 Å². The average molecular weight is 282 g/mol. The molecule has 4 nitrogen and oxygen atoms in total. The predicted molar refractivity (Wildman–Crippen MR) is 76.4 cm³/mol. The van der Waals surface area contributed by atoms with Crippen molar-refractivity contribution in [3.8, 4) is 0 Å². The number of nitrogens with one attached hydrogen (secondary N) is 1. The van der Waals surface area contributed by atoms with Crippen molar-refractivity contribution in [1.29, 1.82) is 0 Å². The van der Waals surface area contributed by atoms with E-state index < -0.39 is 10.0 Å². The highest BCUT2D eigenvalue weighted by atomic mass is 32.2. The van der Waals surface area contributed by atoms with Crippen LogP contribution < -0.4 is 10.5 Å². The molecule has 1 aromatic carbocycles. The van der Waals surface area contributed by atoms with Crippen LogP contribution in [0.1, 0.15) is 31.4 Å². The second kappa shape index (κ2) is 4.58. The molecule has 1 aromatic rings. The van der Waals surface area contributed by atoms with Crippen molar-refractivity contribution in [3.63, 3.8) is 0 Å².